The van der Waals surface area contributed by atoms with Crippen molar-refractivity contribution in [2.24, 2.45) is 0 Å². The van der Waals surface area contributed by atoms with Gasteiger partial charge in [-0.3, -0.25) is 0 Å². The Labute approximate surface area is 128 Å². The van der Waals surface area contributed by atoms with E-state index < -0.39 is 0 Å². The van der Waals surface area contributed by atoms with Crippen LogP contribution in [0.4, 0.5) is 0 Å². The van der Waals surface area contributed by atoms with E-state index in [1.54, 1.807) is 6.07 Å². The van der Waals surface area contributed by atoms with E-state index in [-0.39, 0.29) is 6.04 Å². The second-order valence-corrected chi connectivity index (χ2v) is 5.67. The lowest BCUT2D eigenvalue weighted by Crippen LogP contribution is -2.18. The third kappa shape index (κ3) is 4.12. The number of hydrogen-bond acceptors (Lipinski definition) is 1. The van der Waals surface area contributed by atoms with Gasteiger partial charge in [0, 0.05) is 27.7 Å². The molecule has 2 rings (SSSR count). The SMILES string of the molecule is C[C@H](NCc1ccc(Cl)cc1)c1ccc(Cl)cc1Cl. The average molecular weight is 315 g/mol. The monoisotopic (exact) mass is 313 g/mol. The van der Waals surface area contributed by atoms with Gasteiger partial charge in [-0.05, 0) is 42.3 Å². The molecule has 0 radical (unpaired) electrons. The highest BCUT2D eigenvalue weighted by Crippen LogP contribution is 2.26. The van der Waals surface area contributed by atoms with Gasteiger partial charge in [0.05, 0.1) is 0 Å². The fourth-order valence-electron chi connectivity index (χ4n) is 1.84. The predicted molar refractivity (Wildman–Crippen MR) is 83.2 cm³/mol. The molecule has 0 aromatic heterocycles. The molecule has 0 unspecified atom stereocenters. The molecule has 1 atom stereocenters. The average Bonchev–Trinajstić information content (AvgIpc) is 2.37. The topological polar surface area (TPSA) is 12.0 Å². The van der Waals surface area contributed by atoms with Crippen molar-refractivity contribution in [3.63, 3.8) is 0 Å². The molecule has 1 N–H and O–H groups in total. The molecule has 2 aromatic carbocycles. The van der Waals surface area contributed by atoms with Gasteiger partial charge in [0.2, 0.25) is 0 Å². The molecular weight excluding hydrogens is 301 g/mol. The summed E-state index contributed by atoms with van der Waals surface area (Å²) in [7, 11) is 0. The summed E-state index contributed by atoms with van der Waals surface area (Å²) in [5, 5.41) is 5.51. The van der Waals surface area contributed by atoms with E-state index in [2.05, 4.69) is 12.2 Å². The summed E-state index contributed by atoms with van der Waals surface area (Å²) in [6.45, 7) is 2.84. The van der Waals surface area contributed by atoms with Crippen molar-refractivity contribution >= 4 is 34.8 Å². The van der Waals surface area contributed by atoms with Crippen LogP contribution in [-0.4, -0.2) is 0 Å². The highest BCUT2D eigenvalue weighted by atomic mass is 35.5. The third-order valence-electron chi connectivity index (χ3n) is 2.95. The first-order valence-electron chi connectivity index (χ1n) is 5.99. The zero-order chi connectivity index (χ0) is 13.8. The fourth-order valence-corrected chi connectivity index (χ4v) is 2.53. The van der Waals surface area contributed by atoms with Crippen LogP contribution in [0.25, 0.3) is 0 Å². The smallest absolute Gasteiger partial charge is 0.0468 e. The number of hydrogen-bond donors (Lipinski definition) is 1. The Kier molecular flexibility index (Phi) is 5.12. The maximum atomic E-state index is 6.19. The molecule has 0 aliphatic rings. The van der Waals surface area contributed by atoms with Gasteiger partial charge < -0.3 is 5.32 Å². The Bertz CT molecular complexity index is 552. The Morgan fingerprint density at radius 2 is 1.58 bits per heavy atom. The highest BCUT2D eigenvalue weighted by molar-refractivity contribution is 6.35. The quantitative estimate of drug-likeness (QED) is 0.786. The number of halogens is 3. The Morgan fingerprint density at radius 3 is 2.21 bits per heavy atom. The van der Waals surface area contributed by atoms with E-state index in [4.69, 9.17) is 34.8 Å². The van der Waals surface area contributed by atoms with Gasteiger partial charge in [0.25, 0.3) is 0 Å². The van der Waals surface area contributed by atoms with Crippen molar-refractivity contribution in [2.45, 2.75) is 19.5 Å². The van der Waals surface area contributed by atoms with Gasteiger partial charge in [-0.25, -0.2) is 0 Å². The van der Waals surface area contributed by atoms with Gasteiger partial charge in [0.1, 0.15) is 0 Å². The van der Waals surface area contributed by atoms with E-state index in [0.717, 1.165) is 17.1 Å². The summed E-state index contributed by atoms with van der Waals surface area (Å²) in [4.78, 5) is 0. The van der Waals surface area contributed by atoms with Crippen LogP contribution in [0.2, 0.25) is 15.1 Å². The molecule has 0 aliphatic heterocycles. The molecule has 4 heteroatoms. The molecule has 0 saturated carbocycles. The van der Waals surface area contributed by atoms with Gasteiger partial charge in [-0.2, -0.15) is 0 Å². The molecule has 100 valence electrons. The van der Waals surface area contributed by atoms with E-state index in [1.165, 1.54) is 5.56 Å². The minimum Gasteiger partial charge on any atom is -0.306 e. The van der Waals surface area contributed by atoms with Gasteiger partial charge in [-0.1, -0.05) is 53.0 Å². The summed E-state index contributed by atoms with van der Waals surface area (Å²) < 4.78 is 0. The second kappa shape index (κ2) is 6.62. The number of nitrogens with one attached hydrogen (secondary N) is 1. The van der Waals surface area contributed by atoms with Crippen molar-refractivity contribution in [1.82, 2.24) is 5.32 Å². The minimum atomic E-state index is 0.153. The van der Waals surface area contributed by atoms with Crippen molar-refractivity contribution in [1.29, 1.82) is 0 Å². The molecule has 0 amide bonds. The lowest BCUT2D eigenvalue weighted by atomic mass is 10.1. The molecule has 0 fully saturated rings. The summed E-state index contributed by atoms with van der Waals surface area (Å²) in [5.41, 5.74) is 2.22. The lowest BCUT2D eigenvalue weighted by molar-refractivity contribution is 0.575. The van der Waals surface area contributed by atoms with Crippen LogP contribution in [0.3, 0.4) is 0 Å². The predicted octanol–water partition coefficient (Wildman–Crippen LogP) is 5.50. The van der Waals surface area contributed by atoms with Crippen LogP contribution in [-0.2, 0) is 6.54 Å². The van der Waals surface area contributed by atoms with Crippen molar-refractivity contribution < 1.29 is 0 Å². The van der Waals surface area contributed by atoms with E-state index in [9.17, 15) is 0 Å². The van der Waals surface area contributed by atoms with Crippen molar-refractivity contribution in [2.75, 3.05) is 0 Å². The second-order valence-electron chi connectivity index (χ2n) is 4.39. The molecule has 1 nitrogen and oxygen atoms in total. The van der Waals surface area contributed by atoms with E-state index >= 15 is 0 Å². The van der Waals surface area contributed by atoms with Crippen LogP contribution in [0.5, 0.6) is 0 Å². The zero-order valence-corrected chi connectivity index (χ0v) is 12.7. The molecule has 19 heavy (non-hydrogen) atoms. The highest BCUT2D eigenvalue weighted by Gasteiger charge is 2.09. The standard InChI is InChI=1S/C15H14Cl3N/c1-10(14-7-6-13(17)8-15(14)18)19-9-11-2-4-12(16)5-3-11/h2-8,10,19H,9H2,1H3/t10-/m0/s1. The van der Waals surface area contributed by atoms with E-state index in [1.807, 2.05) is 36.4 Å². The molecular formula is C15H14Cl3N. The van der Waals surface area contributed by atoms with Gasteiger partial charge in [-0.15, -0.1) is 0 Å². The first kappa shape index (κ1) is 14.7. The number of benzene rings is 2. The first-order valence-corrected chi connectivity index (χ1v) is 7.12. The van der Waals surface area contributed by atoms with Crippen molar-refractivity contribution in [3.8, 4) is 0 Å². The van der Waals surface area contributed by atoms with Crippen LogP contribution < -0.4 is 5.32 Å². The fraction of sp³-hybridized carbons (Fsp3) is 0.200. The van der Waals surface area contributed by atoms with Crippen LogP contribution >= 0.6 is 34.8 Å². The summed E-state index contributed by atoms with van der Waals surface area (Å²) in [6.07, 6.45) is 0. The Balaban J connectivity index is 2.01. The summed E-state index contributed by atoms with van der Waals surface area (Å²) >= 11 is 17.9. The molecule has 0 spiro atoms. The van der Waals surface area contributed by atoms with Crippen LogP contribution in [0.1, 0.15) is 24.1 Å². The van der Waals surface area contributed by atoms with Crippen LogP contribution in [0, 0.1) is 0 Å². The Morgan fingerprint density at radius 1 is 0.947 bits per heavy atom. The first-order chi connectivity index (χ1) is 9.06. The molecule has 0 heterocycles. The van der Waals surface area contributed by atoms with Gasteiger partial charge in [0.15, 0.2) is 0 Å². The summed E-state index contributed by atoms with van der Waals surface area (Å²) in [5.74, 6) is 0. The molecule has 0 saturated heterocycles. The third-order valence-corrected chi connectivity index (χ3v) is 3.77. The number of rotatable bonds is 4. The summed E-state index contributed by atoms with van der Waals surface area (Å²) in [6, 6.07) is 13.5. The van der Waals surface area contributed by atoms with Crippen molar-refractivity contribution in [3.05, 3.63) is 68.7 Å². The minimum absolute atomic E-state index is 0.153. The zero-order valence-electron chi connectivity index (χ0n) is 10.5. The maximum absolute atomic E-state index is 6.19. The largest absolute Gasteiger partial charge is 0.306 e. The van der Waals surface area contributed by atoms with Gasteiger partial charge >= 0.3 is 0 Å². The normalized spacial score (nSPS) is 12.4. The maximum Gasteiger partial charge on any atom is 0.0468 e. The van der Waals surface area contributed by atoms with Crippen LogP contribution in [0.15, 0.2) is 42.5 Å². The molecule has 0 aliphatic carbocycles. The molecule has 0 bridgehead atoms. The van der Waals surface area contributed by atoms with E-state index in [0.29, 0.717) is 10.0 Å². The molecule has 2 aromatic rings. The lowest BCUT2D eigenvalue weighted by Gasteiger charge is -2.16. The Hall–Kier alpha value is -0.730.